The number of hydrogen-bond donors (Lipinski definition) is 2. The molecule has 2 atom stereocenters. The summed E-state index contributed by atoms with van der Waals surface area (Å²) >= 11 is 2.33. The lowest BCUT2D eigenvalue weighted by atomic mass is 9.90. The average Bonchev–Trinajstić information content (AvgIpc) is 3.12. The van der Waals surface area contributed by atoms with Gasteiger partial charge >= 0.3 is 0 Å². The van der Waals surface area contributed by atoms with Gasteiger partial charge in [-0.3, -0.25) is 9.69 Å². The van der Waals surface area contributed by atoms with Crippen LogP contribution in [0, 0.1) is 5.92 Å². The molecular formula is C23H33IN2O3S. The molecule has 0 saturated carbocycles. The predicted molar refractivity (Wildman–Crippen MR) is 132 cm³/mol. The number of rotatable bonds is 9. The van der Waals surface area contributed by atoms with Crippen LogP contribution in [0.1, 0.15) is 64.1 Å². The van der Waals surface area contributed by atoms with Crippen LogP contribution in [0.3, 0.4) is 0 Å². The van der Waals surface area contributed by atoms with Crippen LogP contribution in [-0.4, -0.2) is 41.0 Å². The summed E-state index contributed by atoms with van der Waals surface area (Å²) in [7, 11) is 3.66. The Hall–Kier alpha value is -0.930. The minimum absolute atomic E-state index is 0.00118. The first kappa shape index (κ1) is 23.7. The first-order valence-corrected chi connectivity index (χ1v) is 14.2. The highest BCUT2D eigenvalue weighted by atomic mass is 127. The van der Waals surface area contributed by atoms with Gasteiger partial charge in [0.25, 0.3) is 5.91 Å². The third-order valence-corrected chi connectivity index (χ3v) is 8.09. The second kappa shape index (κ2) is 9.69. The number of aromatic hydroxyl groups is 1. The van der Waals surface area contributed by atoms with Crippen molar-refractivity contribution in [3.63, 3.8) is 0 Å². The van der Waals surface area contributed by atoms with Gasteiger partial charge in [-0.25, -0.2) is 0 Å². The molecule has 1 aromatic rings. The molecular weight excluding hydrogens is 511 g/mol. The Morgan fingerprint density at radius 1 is 1.30 bits per heavy atom. The van der Waals surface area contributed by atoms with Gasteiger partial charge in [0.1, 0.15) is 17.5 Å². The molecule has 2 N–H and O–H groups in total. The summed E-state index contributed by atoms with van der Waals surface area (Å²) < 4.78 is 6.68. The highest BCUT2D eigenvalue weighted by molar-refractivity contribution is 14.2. The van der Waals surface area contributed by atoms with Crippen molar-refractivity contribution < 1.29 is 14.6 Å². The predicted octanol–water partition coefficient (Wildman–Crippen LogP) is 5.37. The van der Waals surface area contributed by atoms with Crippen LogP contribution in [0.25, 0.3) is 0 Å². The summed E-state index contributed by atoms with van der Waals surface area (Å²) in [6.07, 6.45) is 4.07. The van der Waals surface area contributed by atoms with Crippen molar-refractivity contribution in [1.29, 1.82) is 0 Å². The van der Waals surface area contributed by atoms with Crippen molar-refractivity contribution in [3.8, 4) is 11.5 Å². The minimum atomic E-state index is -0.876. The highest BCUT2D eigenvalue weighted by Gasteiger charge is 2.59. The third-order valence-electron chi connectivity index (χ3n) is 6.33. The van der Waals surface area contributed by atoms with E-state index in [0.717, 1.165) is 59.6 Å². The quantitative estimate of drug-likeness (QED) is 0.323. The molecule has 0 fully saturated rings. The van der Waals surface area contributed by atoms with Gasteiger partial charge in [0.15, 0.2) is 0 Å². The molecule has 1 amide bonds. The van der Waals surface area contributed by atoms with Crippen molar-refractivity contribution in [3.05, 3.63) is 34.4 Å². The van der Waals surface area contributed by atoms with Gasteiger partial charge in [-0.15, -0.1) is 0 Å². The average molecular weight is 544 g/mol. The molecule has 7 heteroatoms. The topological polar surface area (TPSA) is 61.8 Å². The summed E-state index contributed by atoms with van der Waals surface area (Å²) in [5.74, 6) is 2.64. The molecule has 166 valence electrons. The molecule has 30 heavy (non-hydrogen) atoms. The second-order valence-electron chi connectivity index (χ2n) is 8.75. The van der Waals surface area contributed by atoms with Crippen LogP contribution < -0.4 is 10.1 Å². The normalized spacial score (nSPS) is 23.1. The molecule has 2 aliphatic rings. The highest BCUT2D eigenvalue weighted by Crippen LogP contribution is 2.54. The van der Waals surface area contributed by atoms with Gasteiger partial charge in [-0.1, -0.05) is 29.2 Å². The number of phenolic OH excluding ortho intramolecular Hbond substituents is 1. The molecule has 1 aromatic carbocycles. The number of nitrogens with one attached hydrogen (secondary N) is 1. The van der Waals surface area contributed by atoms with Gasteiger partial charge in [0.2, 0.25) is 5.72 Å². The first-order chi connectivity index (χ1) is 14.3. The number of carbonyl (C=O) groups is 1. The van der Waals surface area contributed by atoms with Crippen LogP contribution in [0.15, 0.2) is 23.3 Å². The van der Waals surface area contributed by atoms with E-state index in [1.165, 1.54) is 6.42 Å². The number of halogens is 1. The van der Waals surface area contributed by atoms with Gasteiger partial charge in [0, 0.05) is 35.1 Å². The van der Waals surface area contributed by atoms with E-state index < -0.39 is 5.72 Å². The monoisotopic (exact) mass is 544 g/mol. The molecule has 2 heterocycles. The van der Waals surface area contributed by atoms with E-state index in [0.29, 0.717) is 5.92 Å². The molecule has 0 saturated heterocycles. The Kier molecular flexibility index (Phi) is 7.66. The number of hydrogen-bond acceptors (Lipinski definition) is 5. The number of benzene rings is 1. The van der Waals surface area contributed by atoms with Crippen LogP contribution in [-0.2, 0) is 11.2 Å². The molecule has 0 aliphatic carbocycles. The number of likely N-dealkylation sites (N-methyl/N-ethyl adjacent to an activating group) is 1. The molecule has 0 bridgehead atoms. The van der Waals surface area contributed by atoms with E-state index >= 15 is 0 Å². The molecule has 0 aromatic heterocycles. The lowest BCUT2D eigenvalue weighted by molar-refractivity contribution is -0.137. The van der Waals surface area contributed by atoms with E-state index in [2.05, 4.69) is 40.4 Å². The number of nitrogens with zero attached hydrogens (tertiary/aromatic N) is 1. The summed E-state index contributed by atoms with van der Waals surface area (Å²) in [6.45, 7) is 9.02. The zero-order chi connectivity index (χ0) is 22.1. The fraction of sp³-hybridized carbons (Fsp3) is 0.609. The largest absolute Gasteiger partial charge is 0.508 e. The van der Waals surface area contributed by atoms with Crippen LogP contribution >= 0.6 is 30.1 Å². The summed E-state index contributed by atoms with van der Waals surface area (Å²) in [6, 6.07) is 3.56. The Labute approximate surface area is 196 Å². The van der Waals surface area contributed by atoms with E-state index in [4.69, 9.17) is 4.74 Å². The number of unbranched alkanes of at least 4 members (excludes halogenated alkanes) is 2. The third kappa shape index (κ3) is 4.09. The van der Waals surface area contributed by atoms with Crippen LogP contribution in [0.5, 0.6) is 11.5 Å². The van der Waals surface area contributed by atoms with E-state index in [1.807, 2.05) is 35.9 Å². The smallest absolute Gasteiger partial charge is 0.252 e. The van der Waals surface area contributed by atoms with Gasteiger partial charge in [-0.05, 0) is 78.9 Å². The first-order valence-electron chi connectivity index (χ1n) is 10.7. The van der Waals surface area contributed by atoms with E-state index in [-0.39, 0.29) is 17.7 Å². The number of carbonyl (C=O) groups excluding carboxylic acids is 1. The molecule has 3 rings (SSSR count). The fourth-order valence-corrected chi connectivity index (χ4v) is 5.77. The Bertz CT molecular complexity index is 842. The van der Waals surface area contributed by atoms with Gasteiger partial charge in [-0.2, -0.15) is 0 Å². The summed E-state index contributed by atoms with van der Waals surface area (Å²) in [5, 5.41) is 14.3. The van der Waals surface area contributed by atoms with Crippen LogP contribution in [0.4, 0.5) is 0 Å². The molecule has 2 aliphatic heterocycles. The number of phenols is 1. The van der Waals surface area contributed by atoms with Crippen molar-refractivity contribution in [1.82, 2.24) is 10.2 Å². The van der Waals surface area contributed by atoms with Gasteiger partial charge < -0.3 is 15.2 Å². The maximum absolute atomic E-state index is 12.8. The minimum Gasteiger partial charge on any atom is -0.508 e. The summed E-state index contributed by atoms with van der Waals surface area (Å²) in [5.41, 5.74) is 2.69. The van der Waals surface area contributed by atoms with Gasteiger partial charge in [0.05, 0.1) is 0 Å². The van der Waals surface area contributed by atoms with E-state index in [9.17, 15) is 9.90 Å². The van der Waals surface area contributed by atoms with Crippen molar-refractivity contribution in [2.24, 2.45) is 5.92 Å². The Morgan fingerprint density at radius 2 is 2.03 bits per heavy atom. The zero-order valence-electron chi connectivity index (χ0n) is 18.5. The Balaban J connectivity index is 1.99. The molecule has 0 unspecified atom stereocenters. The maximum atomic E-state index is 12.8. The van der Waals surface area contributed by atoms with Crippen molar-refractivity contribution in [2.45, 2.75) is 65.1 Å². The Morgan fingerprint density at radius 3 is 2.63 bits per heavy atom. The summed E-state index contributed by atoms with van der Waals surface area (Å²) in [4.78, 5) is 14.6. The number of fused-ring (bicyclic) bond motifs is 1. The maximum Gasteiger partial charge on any atom is 0.252 e. The number of amides is 1. The van der Waals surface area contributed by atoms with Crippen molar-refractivity contribution >= 4 is 36.0 Å². The zero-order valence-corrected chi connectivity index (χ0v) is 21.5. The SMILES string of the molecule is CC1=C(C)[C@@]2(Oc3c(ccc(O)c3CCCCCSI)[C@H]2NCC(C)C)N(C)C1=O. The standard InChI is InChI=1S/C23H33IN2O3S/c1-14(2)13-25-21-18-10-11-19(27)17(9-7-6-8-12-30-24)20(18)29-23(21)16(4)15(3)22(28)26(23)5/h10-11,14,21,25,27H,6-9,12-13H2,1-5H3/t21-,23+/m1/s1. The molecule has 1 spiro atoms. The number of ether oxygens (including phenoxy) is 1. The van der Waals surface area contributed by atoms with Crippen LogP contribution in [0.2, 0.25) is 0 Å². The molecule has 0 radical (unpaired) electrons. The molecule has 5 nitrogen and oxygen atoms in total. The lowest BCUT2D eigenvalue weighted by Crippen LogP contribution is -2.55. The second-order valence-corrected chi connectivity index (χ2v) is 11.2. The lowest BCUT2D eigenvalue weighted by Gasteiger charge is -2.39. The fourth-order valence-electron chi connectivity index (χ4n) is 4.53. The van der Waals surface area contributed by atoms with Crippen molar-refractivity contribution in [2.75, 3.05) is 19.3 Å². The van der Waals surface area contributed by atoms with E-state index in [1.54, 1.807) is 11.0 Å².